The first-order valence-corrected chi connectivity index (χ1v) is 8.64. The van der Waals surface area contributed by atoms with E-state index < -0.39 is 4.92 Å². The Morgan fingerprint density at radius 2 is 2.13 bits per heavy atom. The third-order valence-electron chi connectivity index (χ3n) is 3.26. The molecule has 1 amide bonds. The molecule has 0 aliphatic carbocycles. The lowest BCUT2D eigenvalue weighted by Gasteiger charge is -2.13. The first-order valence-electron chi connectivity index (χ1n) is 6.54. The van der Waals surface area contributed by atoms with Crippen LogP contribution < -0.4 is 4.90 Å². The van der Waals surface area contributed by atoms with Gasteiger partial charge in [-0.05, 0) is 36.1 Å². The van der Waals surface area contributed by atoms with Crippen LogP contribution >= 0.6 is 35.3 Å². The van der Waals surface area contributed by atoms with Gasteiger partial charge in [0.1, 0.15) is 0 Å². The molecule has 1 aliphatic rings. The van der Waals surface area contributed by atoms with E-state index in [4.69, 9.17) is 12.2 Å². The average Bonchev–Trinajstić information content (AvgIpc) is 3.03. The fourth-order valence-corrected chi connectivity index (χ4v) is 4.30. The normalized spacial score (nSPS) is 16.4. The van der Waals surface area contributed by atoms with Crippen molar-refractivity contribution in [1.82, 2.24) is 0 Å². The molecule has 3 rings (SSSR count). The zero-order valence-corrected chi connectivity index (χ0v) is 14.3. The number of carbonyl (C=O) groups excluding carboxylic acids is 1. The molecule has 2 heterocycles. The highest BCUT2D eigenvalue weighted by atomic mass is 32.2. The lowest BCUT2D eigenvalue weighted by Crippen LogP contribution is -2.27. The van der Waals surface area contributed by atoms with E-state index in [9.17, 15) is 14.9 Å². The van der Waals surface area contributed by atoms with Crippen molar-refractivity contribution in [2.45, 2.75) is 6.92 Å². The van der Waals surface area contributed by atoms with Crippen molar-refractivity contribution < 1.29 is 9.72 Å². The Morgan fingerprint density at radius 3 is 2.78 bits per heavy atom. The zero-order valence-electron chi connectivity index (χ0n) is 11.9. The fourth-order valence-electron chi connectivity index (χ4n) is 2.09. The number of carbonyl (C=O) groups is 1. The Bertz CT molecular complexity index is 857. The number of benzene rings is 1. The van der Waals surface area contributed by atoms with Crippen LogP contribution in [0.1, 0.15) is 10.4 Å². The summed E-state index contributed by atoms with van der Waals surface area (Å²) in [5.41, 5.74) is 1.43. The first-order chi connectivity index (χ1) is 11.0. The topological polar surface area (TPSA) is 63.4 Å². The number of amides is 1. The van der Waals surface area contributed by atoms with E-state index >= 15 is 0 Å². The molecular formula is C15H10N2O3S3. The highest BCUT2D eigenvalue weighted by Gasteiger charge is 2.34. The van der Waals surface area contributed by atoms with Gasteiger partial charge in [-0.25, -0.2) is 0 Å². The predicted molar refractivity (Wildman–Crippen MR) is 97.8 cm³/mol. The quantitative estimate of drug-likeness (QED) is 0.351. The largest absolute Gasteiger partial charge is 0.271 e. The number of hydrogen-bond acceptors (Lipinski definition) is 6. The number of aryl methyl sites for hydroxylation is 1. The molecule has 1 aromatic heterocycles. The van der Waals surface area contributed by atoms with Crippen molar-refractivity contribution in [2.75, 3.05) is 4.90 Å². The van der Waals surface area contributed by atoms with Gasteiger partial charge < -0.3 is 0 Å². The molecule has 0 atom stereocenters. The lowest BCUT2D eigenvalue weighted by molar-refractivity contribution is -0.384. The molecule has 0 bridgehead atoms. The summed E-state index contributed by atoms with van der Waals surface area (Å²) in [5.74, 6) is -0.256. The molecule has 2 aromatic rings. The van der Waals surface area contributed by atoms with Crippen molar-refractivity contribution in [2.24, 2.45) is 0 Å². The minimum atomic E-state index is -0.494. The van der Waals surface area contributed by atoms with Crippen LogP contribution in [0.3, 0.4) is 0 Å². The summed E-state index contributed by atoms with van der Waals surface area (Å²) in [7, 11) is 0. The van der Waals surface area contributed by atoms with Crippen molar-refractivity contribution >= 4 is 63.0 Å². The Labute approximate surface area is 145 Å². The summed E-state index contributed by atoms with van der Waals surface area (Å²) < 4.78 is 0.371. The molecule has 1 aromatic carbocycles. The molecule has 5 nitrogen and oxygen atoms in total. The average molecular weight is 362 g/mol. The summed E-state index contributed by atoms with van der Waals surface area (Å²) in [6.45, 7) is 1.98. The first kappa shape index (κ1) is 15.9. The summed E-state index contributed by atoms with van der Waals surface area (Å²) in [6, 6.07) is 7.89. The standard InChI is InChI=1S/C15H10N2O3S3/c1-9-5-6-22-12(9)8-13-14(18)16(15(21)23-13)10-3-2-4-11(7-10)17(19)20/h2-8H,1H3/b13-8-. The molecule has 23 heavy (non-hydrogen) atoms. The van der Waals surface area contributed by atoms with Crippen LogP contribution in [0.15, 0.2) is 40.6 Å². The van der Waals surface area contributed by atoms with Crippen molar-refractivity contribution in [1.29, 1.82) is 0 Å². The van der Waals surface area contributed by atoms with Gasteiger partial charge in [-0.2, -0.15) is 0 Å². The van der Waals surface area contributed by atoms with Crippen LogP contribution in [-0.4, -0.2) is 15.2 Å². The Balaban J connectivity index is 1.96. The maximum absolute atomic E-state index is 12.6. The molecule has 0 spiro atoms. The molecule has 1 aliphatic heterocycles. The second kappa shape index (κ2) is 6.23. The van der Waals surface area contributed by atoms with Crippen LogP contribution in [0.4, 0.5) is 11.4 Å². The number of nitro benzene ring substituents is 1. The molecule has 0 N–H and O–H groups in total. The van der Waals surface area contributed by atoms with Gasteiger partial charge in [0, 0.05) is 17.0 Å². The van der Waals surface area contributed by atoms with Crippen molar-refractivity contribution in [3.63, 3.8) is 0 Å². The van der Waals surface area contributed by atoms with E-state index in [0.717, 1.165) is 10.4 Å². The van der Waals surface area contributed by atoms with Gasteiger partial charge in [-0.1, -0.05) is 30.0 Å². The molecule has 116 valence electrons. The molecule has 1 fully saturated rings. The minimum absolute atomic E-state index is 0.0744. The molecule has 0 saturated carbocycles. The summed E-state index contributed by atoms with van der Waals surface area (Å²) in [4.78, 5) is 25.9. The van der Waals surface area contributed by atoms with Gasteiger partial charge in [0.05, 0.1) is 15.5 Å². The molecular weight excluding hydrogens is 352 g/mol. The highest BCUT2D eigenvalue weighted by molar-refractivity contribution is 8.27. The van der Waals surface area contributed by atoms with Crippen LogP contribution in [0.2, 0.25) is 0 Å². The number of anilines is 1. The van der Waals surface area contributed by atoms with E-state index in [1.807, 2.05) is 24.4 Å². The number of nitrogens with zero attached hydrogens (tertiary/aromatic N) is 2. The second-order valence-electron chi connectivity index (χ2n) is 4.76. The van der Waals surface area contributed by atoms with Crippen molar-refractivity contribution in [3.05, 3.63) is 61.2 Å². The third kappa shape index (κ3) is 3.05. The Hall–Kier alpha value is -2.03. The Kier molecular flexibility index (Phi) is 4.29. The molecule has 8 heteroatoms. The van der Waals surface area contributed by atoms with E-state index in [2.05, 4.69) is 0 Å². The maximum atomic E-state index is 12.6. The monoisotopic (exact) mass is 362 g/mol. The van der Waals surface area contributed by atoms with E-state index in [1.54, 1.807) is 23.5 Å². The van der Waals surface area contributed by atoms with Gasteiger partial charge in [-0.15, -0.1) is 11.3 Å². The van der Waals surface area contributed by atoms with E-state index in [-0.39, 0.29) is 11.6 Å². The summed E-state index contributed by atoms with van der Waals surface area (Å²) in [5, 5.41) is 12.9. The number of non-ortho nitro benzene ring substituents is 1. The highest BCUT2D eigenvalue weighted by Crippen LogP contribution is 2.37. The summed E-state index contributed by atoms with van der Waals surface area (Å²) in [6.07, 6.45) is 1.82. The number of nitro groups is 1. The lowest BCUT2D eigenvalue weighted by atomic mass is 10.2. The van der Waals surface area contributed by atoms with Gasteiger partial charge in [0.25, 0.3) is 11.6 Å². The van der Waals surface area contributed by atoms with Crippen LogP contribution in [0, 0.1) is 17.0 Å². The number of hydrogen-bond donors (Lipinski definition) is 0. The van der Waals surface area contributed by atoms with Crippen LogP contribution in [0.25, 0.3) is 6.08 Å². The van der Waals surface area contributed by atoms with Gasteiger partial charge in [0.2, 0.25) is 0 Å². The smallest absolute Gasteiger partial charge is 0.268 e. The summed E-state index contributed by atoms with van der Waals surface area (Å²) >= 11 is 8.03. The number of thioether (sulfide) groups is 1. The van der Waals surface area contributed by atoms with Gasteiger partial charge >= 0.3 is 0 Å². The molecule has 0 radical (unpaired) electrons. The minimum Gasteiger partial charge on any atom is -0.268 e. The maximum Gasteiger partial charge on any atom is 0.271 e. The number of thiophene rings is 1. The SMILES string of the molecule is Cc1ccsc1/C=C1\SC(=S)N(c2cccc([N+](=O)[O-])c2)C1=O. The number of rotatable bonds is 3. The Morgan fingerprint density at radius 1 is 1.35 bits per heavy atom. The van der Waals surface area contributed by atoms with Gasteiger partial charge in [0.15, 0.2) is 4.32 Å². The second-order valence-corrected chi connectivity index (χ2v) is 7.39. The van der Waals surface area contributed by atoms with E-state index in [0.29, 0.717) is 14.9 Å². The van der Waals surface area contributed by atoms with Crippen LogP contribution in [0.5, 0.6) is 0 Å². The molecule has 0 unspecified atom stereocenters. The van der Waals surface area contributed by atoms with E-state index in [1.165, 1.54) is 28.8 Å². The molecule has 1 saturated heterocycles. The third-order valence-corrected chi connectivity index (χ3v) is 5.52. The fraction of sp³-hybridized carbons (Fsp3) is 0.0667. The zero-order chi connectivity index (χ0) is 16.6. The predicted octanol–water partition coefficient (Wildman–Crippen LogP) is 4.37. The van der Waals surface area contributed by atoms with Gasteiger partial charge in [-0.3, -0.25) is 19.8 Å². The van der Waals surface area contributed by atoms with Crippen molar-refractivity contribution in [3.8, 4) is 0 Å². The number of thiocarbonyl (C=S) groups is 1. The van der Waals surface area contributed by atoms with Crippen LogP contribution in [-0.2, 0) is 4.79 Å².